The smallest absolute Gasteiger partial charge is 0.242 e. The number of nitrogens with one attached hydrogen (secondary N) is 1. The van der Waals surface area contributed by atoms with Crippen molar-refractivity contribution in [3.8, 4) is 5.75 Å². The van der Waals surface area contributed by atoms with Gasteiger partial charge in [-0.25, -0.2) is 0 Å². The van der Waals surface area contributed by atoms with Crippen molar-refractivity contribution in [3.05, 3.63) is 65.2 Å². The summed E-state index contributed by atoms with van der Waals surface area (Å²) in [4.78, 5) is 14.7. The molecule has 0 bridgehead atoms. The van der Waals surface area contributed by atoms with E-state index in [9.17, 15) is 4.79 Å². The van der Waals surface area contributed by atoms with Crippen LogP contribution in [0.2, 0.25) is 5.02 Å². The molecule has 0 radical (unpaired) electrons. The Morgan fingerprint density at radius 3 is 2.52 bits per heavy atom. The van der Waals surface area contributed by atoms with Gasteiger partial charge in [0.2, 0.25) is 5.91 Å². The molecule has 0 heterocycles. The lowest BCUT2D eigenvalue weighted by molar-refractivity contribution is -0.126. The van der Waals surface area contributed by atoms with Crippen molar-refractivity contribution in [3.63, 3.8) is 0 Å². The molecule has 1 N–H and O–H groups in total. The lowest BCUT2D eigenvalue weighted by Crippen LogP contribution is -2.41. The van der Waals surface area contributed by atoms with Crippen LogP contribution in [0.3, 0.4) is 0 Å². The Balaban J connectivity index is 1.60. The fourth-order valence-electron chi connectivity index (χ4n) is 2.72. The highest BCUT2D eigenvalue weighted by atomic mass is 35.5. The van der Waals surface area contributed by atoms with Crippen LogP contribution < -0.4 is 10.1 Å². The van der Waals surface area contributed by atoms with Crippen LogP contribution in [0.1, 0.15) is 24.4 Å². The molecule has 2 aromatic carbocycles. The maximum Gasteiger partial charge on any atom is 0.242 e. The van der Waals surface area contributed by atoms with E-state index in [2.05, 4.69) is 5.32 Å². The molecule has 1 amide bonds. The number of carbonyl (C=O) groups excluding carboxylic acids is 1. The highest BCUT2D eigenvalue weighted by molar-refractivity contribution is 6.30. The maximum absolute atomic E-state index is 12.7. The summed E-state index contributed by atoms with van der Waals surface area (Å²) in [6.07, 6.45) is 2.16. The SMILES string of the molecule is CN(CCOc1ccc(Cl)cc1)C(C(=O)NC1CC1)c1ccccc1. The number of benzene rings is 2. The highest BCUT2D eigenvalue weighted by Gasteiger charge is 2.30. The molecule has 1 aliphatic rings. The van der Waals surface area contributed by atoms with Crippen LogP contribution in [0.4, 0.5) is 0 Å². The molecule has 0 spiro atoms. The van der Waals surface area contributed by atoms with Crippen molar-refractivity contribution in [1.29, 1.82) is 0 Å². The van der Waals surface area contributed by atoms with Gasteiger partial charge in [0, 0.05) is 17.6 Å². The molecular weight excluding hydrogens is 336 g/mol. The van der Waals surface area contributed by atoms with Crippen LogP contribution in [0.15, 0.2) is 54.6 Å². The van der Waals surface area contributed by atoms with Gasteiger partial charge in [-0.05, 0) is 49.7 Å². The lowest BCUT2D eigenvalue weighted by atomic mass is 10.0. The summed E-state index contributed by atoms with van der Waals surface area (Å²) in [6.45, 7) is 1.14. The zero-order valence-corrected chi connectivity index (χ0v) is 15.1. The van der Waals surface area contributed by atoms with Crippen LogP contribution >= 0.6 is 11.6 Å². The van der Waals surface area contributed by atoms with E-state index in [1.807, 2.05) is 54.4 Å². The van der Waals surface area contributed by atoms with Crippen LogP contribution in [-0.4, -0.2) is 37.0 Å². The highest BCUT2D eigenvalue weighted by Crippen LogP contribution is 2.24. The topological polar surface area (TPSA) is 41.6 Å². The number of hydrogen-bond acceptors (Lipinski definition) is 3. The molecule has 1 unspecified atom stereocenters. The van der Waals surface area contributed by atoms with Gasteiger partial charge in [0.15, 0.2) is 0 Å². The standard InChI is InChI=1S/C20H23ClN2O2/c1-23(13-14-25-18-11-7-16(21)8-12-18)19(15-5-3-2-4-6-15)20(24)22-17-9-10-17/h2-8,11-12,17,19H,9-10,13-14H2,1H3,(H,22,24). The minimum atomic E-state index is -0.310. The Labute approximate surface area is 153 Å². The number of amides is 1. The first-order valence-electron chi connectivity index (χ1n) is 8.57. The van der Waals surface area contributed by atoms with Crippen molar-refractivity contribution in [1.82, 2.24) is 10.2 Å². The van der Waals surface area contributed by atoms with Gasteiger partial charge in [0.25, 0.3) is 0 Å². The summed E-state index contributed by atoms with van der Waals surface area (Å²) in [5.74, 6) is 0.833. The number of ether oxygens (including phenoxy) is 1. The Bertz CT molecular complexity index is 687. The van der Waals surface area contributed by atoms with Crippen LogP contribution in [0, 0.1) is 0 Å². The second-order valence-corrected chi connectivity index (χ2v) is 6.82. The minimum absolute atomic E-state index is 0.0580. The second-order valence-electron chi connectivity index (χ2n) is 6.38. The van der Waals surface area contributed by atoms with Gasteiger partial charge in [-0.3, -0.25) is 9.69 Å². The maximum atomic E-state index is 12.7. The van der Waals surface area contributed by atoms with Crippen molar-refractivity contribution in [2.75, 3.05) is 20.2 Å². The molecule has 132 valence electrons. The number of hydrogen-bond donors (Lipinski definition) is 1. The molecule has 1 aliphatic carbocycles. The van der Waals surface area contributed by atoms with Gasteiger partial charge < -0.3 is 10.1 Å². The number of nitrogens with zero attached hydrogens (tertiary/aromatic N) is 1. The average molecular weight is 359 g/mol. The van der Waals surface area contributed by atoms with Crippen molar-refractivity contribution < 1.29 is 9.53 Å². The normalized spacial score (nSPS) is 15.0. The third kappa shape index (κ3) is 5.21. The molecule has 0 aromatic heterocycles. The number of carbonyl (C=O) groups is 1. The molecule has 1 fully saturated rings. The predicted molar refractivity (Wildman–Crippen MR) is 99.9 cm³/mol. The molecule has 0 aliphatic heterocycles. The number of rotatable bonds is 8. The summed E-state index contributed by atoms with van der Waals surface area (Å²) < 4.78 is 5.76. The van der Waals surface area contributed by atoms with Crippen LogP contribution in [0.25, 0.3) is 0 Å². The summed E-state index contributed by atoms with van der Waals surface area (Å²) >= 11 is 5.88. The fourth-order valence-corrected chi connectivity index (χ4v) is 2.84. The Hall–Kier alpha value is -2.04. The minimum Gasteiger partial charge on any atom is -0.492 e. The molecule has 0 saturated heterocycles. The first-order valence-corrected chi connectivity index (χ1v) is 8.95. The summed E-state index contributed by atoms with van der Waals surface area (Å²) in [5.41, 5.74) is 0.995. The van der Waals surface area contributed by atoms with Crippen molar-refractivity contribution in [2.24, 2.45) is 0 Å². The largest absolute Gasteiger partial charge is 0.492 e. The zero-order valence-electron chi connectivity index (χ0n) is 14.3. The van der Waals surface area contributed by atoms with Crippen LogP contribution in [-0.2, 0) is 4.79 Å². The van der Waals surface area contributed by atoms with E-state index in [0.29, 0.717) is 24.2 Å². The number of halogens is 1. The Kier molecular flexibility index (Phi) is 5.95. The van der Waals surface area contributed by atoms with E-state index in [1.165, 1.54) is 0 Å². The quantitative estimate of drug-likeness (QED) is 0.782. The summed E-state index contributed by atoms with van der Waals surface area (Å²) in [7, 11) is 1.95. The molecule has 2 aromatic rings. The second kappa shape index (κ2) is 8.37. The third-order valence-electron chi connectivity index (χ3n) is 4.25. The van der Waals surface area contributed by atoms with Gasteiger partial charge >= 0.3 is 0 Å². The molecule has 25 heavy (non-hydrogen) atoms. The van der Waals surface area contributed by atoms with E-state index in [0.717, 1.165) is 24.2 Å². The lowest BCUT2D eigenvalue weighted by Gasteiger charge is -2.27. The van der Waals surface area contributed by atoms with Gasteiger partial charge in [0.1, 0.15) is 18.4 Å². The summed E-state index contributed by atoms with van der Waals surface area (Å²) in [5, 5.41) is 3.80. The van der Waals surface area contributed by atoms with E-state index < -0.39 is 0 Å². The fraction of sp³-hybridized carbons (Fsp3) is 0.350. The molecular formula is C20H23ClN2O2. The van der Waals surface area contributed by atoms with Crippen molar-refractivity contribution >= 4 is 17.5 Å². The Morgan fingerprint density at radius 2 is 1.88 bits per heavy atom. The van der Waals surface area contributed by atoms with Gasteiger partial charge in [-0.15, -0.1) is 0 Å². The van der Waals surface area contributed by atoms with E-state index in [4.69, 9.17) is 16.3 Å². The first-order chi connectivity index (χ1) is 12.1. The monoisotopic (exact) mass is 358 g/mol. The van der Waals surface area contributed by atoms with E-state index in [-0.39, 0.29) is 11.9 Å². The average Bonchev–Trinajstić information content (AvgIpc) is 3.42. The zero-order chi connectivity index (χ0) is 17.6. The van der Waals surface area contributed by atoms with E-state index >= 15 is 0 Å². The first kappa shape index (κ1) is 17.8. The van der Waals surface area contributed by atoms with Gasteiger partial charge in [-0.2, -0.15) is 0 Å². The van der Waals surface area contributed by atoms with Crippen LogP contribution in [0.5, 0.6) is 5.75 Å². The molecule has 4 nitrogen and oxygen atoms in total. The van der Waals surface area contributed by atoms with E-state index in [1.54, 1.807) is 12.1 Å². The number of likely N-dealkylation sites (N-methyl/N-ethyl adjacent to an activating group) is 1. The predicted octanol–water partition coefficient (Wildman–Crippen LogP) is 3.67. The van der Waals surface area contributed by atoms with Crippen molar-refractivity contribution in [2.45, 2.75) is 24.9 Å². The summed E-state index contributed by atoms with van der Waals surface area (Å²) in [6, 6.07) is 17.2. The van der Waals surface area contributed by atoms with Gasteiger partial charge in [0.05, 0.1) is 0 Å². The molecule has 1 saturated carbocycles. The molecule has 1 atom stereocenters. The Morgan fingerprint density at radius 1 is 1.20 bits per heavy atom. The van der Waals surface area contributed by atoms with Gasteiger partial charge in [-0.1, -0.05) is 41.9 Å². The molecule has 3 rings (SSSR count). The third-order valence-corrected chi connectivity index (χ3v) is 4.51. The molecule has 5 heteroatoms.